The second kappa shape index (κ2) is 4.32. The summed E-state index contributed by atoms with van der Waals surface area (Å²) in [6, 6.07) is 1.50. The number of H-pyrrole nitrogens is 1. The summed E-state index contributed by atoms with van der Waals surface area (Å²) >= 11 is 0. The second-order valence-electron chi connectivity index (χ2n) is 5.29. The Bertz CT molecular complexity index is 507. The van der Waals surface area contributed by atoms with Gasteiger partial charge in [0.2, 0.25) is 0 Å². The van der Waals surface area contributed by atoms with E-state index in [2.05, 4.69) is 20.2 Å². The summed E-state index contributed by atoms with van der Waals surface area (Å²) < 4.78 is 26.9. The molecule has 6 nitrogen and oxygen atoms in total. The number of nitrogens with one attached hydrogen (secondary N) is 3. The summed E-state index contributed by atoms with van der Waals surface area (Å²) in [6.45, 7) is 0.885. The number of aromatic amines is 1. The molecule has 2 fully saturated rings. The van der Waals surface area contributed by atoms with Gasteiger partial charge in [-0.3, -0.25) is 5.10 Å². The molecule has 3 N–H and O–H groups in total. The van der Waals surface area contributed by atoms with Crippen molar-refractivity contribution in [3.05, 3.63) is 12.3 Å². The number of sulfonamides is 1. The molecule has 7 heteroatoms. The maximum atomic E-state index is 12.1. The summed E-state index contributed by atoms with van der Waals surface area (Å²) in [5.41, 5.74) is 0.194. The monoisotopic (exact) mass is 270 g/mol. The lowest BCUT2D eigenvalue weighted by atomic mass is 9.70. The number of hydrogen-bond donors (Lipinski definition) is 3. The largest absolute Gasteiger partial charge is 0.311 e. The van der Waals surface area contributed by atoms with Crippen molar-refractivity contribution in [3.63, 3.8) is 0 Å². The van der Waals surface area contributed by atoms with E-state index in [0.29, 0.717) is 0 Å². The molecule has 2 aliphatic rings. The van der Waals surface area contributed by atoms with Gasteiger partial charge in [0, 0.05) is 11.6 Å². The van der Waals surface area contributed by atoms with E-state index in [1.54, 1.807) is 0 Å². The van der Waals surface area contributed by atoms with Crippen LogP contribution in [0.5, 0.6) is 0 Å². The van der Waals surface area contributed by atoms with Crippen molar-refractivity contribution < 1.29 is 8.42 Å². The van der Waals surface area contributed by atoms with Gasteiger partial charge >= 0.3 is 0 Å². The molecule has 1 saturated heterocycles. The summed E-state index contributed by atoms with van der Waals surface area (Å²) in [7, 11) is -3.45. The van der Waals surface area contributed by atoms with E-state index < -0.39 is 10.0 Å². The Labute approximate surface area is 107 Å². The molecule has 0 radical (unpaired) electrons. The highest BCUT2D eigenvalue weighted by atomic mass is 32.2. The molecular formula is C11H18N4O2S. The van der Waals surface area contributed by atoms with Crippen molar-refractivity contribution in [2.45, 2.75) is 48.7 Å². The first kappa shape index (κ1) is 12.1. The minimum Gasteiger partial charge on any atom is -0.311 e. The number of hydrogen-bond acceptors (Lipinski definition) is 4. The van der Waals surface area contributed by atoms with Crippen LogP contribution in [0.15, 0.2) is 17.3 Å². The molecule has 1 aliphatic carbocycles. The Morgan fingerprint density at radius 2 is 2.28 bits per heavy atom. The van der Waals surface area contributed by atoms with Crippen molar-refractivity contribution in [1.82, 2.24) is 20.2 Å². The van der Waals surface area contributed by atoms with Crippen LogP contribution in [0.4, 0.5) is 0 Å². The highest BCUT2D eigenvalue weighted by Gasteiger charge is 2.41. The highest BCUT2D eigenvalue weighted by molar-refractivity contribution is 7.89. The van der Waals surface area contributed by atoms with Crippen LogP contribution in [-0.2, 0) is 10.0 Å². The lowest BCUT2D eigenvalue weighted by Gasteiger charge is -2.48. The van der Waals surface area contributed by atoms with Crippen LogP contribution in [-0.4, -0.2) is 36.7 Å². The average molecular weight is 270 g/mol. The van der Waals surface area contributed by atoms with Crippen molar-refractivity contribution in [2.75, 3.05) is 6.54 Å². The molecule has 1 spiro atoms. The van der Waals surface area contributed by atoms with Crippen LogP contribution in [0.1, 0.15) is 32.1 Å². The van der Waals surface area contributed by atoms with Crippen LogP contribution in [0.2, 0.25) is 0 Å². The Kier molecular flexibility index (Phi) is 2.91. The fourth-order valence-corrected chi connectivity index (χ4v) is 4.10. The first-order chi connectivity index (χ1) is 8.60. The zero-order valence-corrected chi connectivity index (χ0v) is 11.0. The topological polar surface area (TPSA) is 86.9 Å². The molecule has 1 atom stereocenters. The Morgan fingerprint density at radius 1 is 1.44 bits per heavy atom. The Morgan fingerprint density at radius 3 is 2.89 bits per heavy atom. The van der Waals surface area contributed by atoms with E-state index in [1.165, 1.54) is 18.7 Å². The van der Waals surface area contributed by atoms with Crippen molar-refractivity contribution in [3.8, 4) is 0 Å². The van der Waals surface area contributed by atoms with E-state index in [4.69, 9.17) is 0 Å². The van der Waals surface area contributed by atoms with Gasteiger partial charge in [-0.25, -0.2) is 13.1 Å². The van der Waals surface area contributed by atoms with Gasteiger partial charge in [-0.2, -0.15) is 5.10 Å². The molecule has 100 valence electrons. The standard InChI is InChI=1S/C11H18N4O2S/c16-18(17,10-3-7-13-14-10)15-9-2-6-12-11(8-9)4-1-5-11/h3,7,9,12,15H,1-2,4-6,8H2,(H,13,14). The normalized spacial score (nSPS) is 27.0. The maximum Gasteiger partial charge on any atom is 0.257 e. The van der Waals surface area contributed by atoms with Crippen LogP contribution in [0.3, 0.4) is 0 Å². The molecule has 1 unspecified atom stereocenters. The molecule has 1 aromatic rings. The Hall–Kier alpha value is -0.920. The molecule has 0 aromatic carbocycles. The lowest BCUT2D eigenvalue weighted by molar-refractivity contribution is 0.126. The zero-order valence-electron chi connectivity index (χ0n) is 10.1. The molecule has 18 heavy (non-hydrogen) atoms. The van der Waals surface area contributed by atoms with Gasteiger partial charge in [0.1, 0.15) is 0 Å². The maximum absolute atomic E-state index is 12.1. The summed E-state index contributed by atoms with van der Waals surface area (Å²) in [4.78, 5) is 0. The second-order valence-corrected chi connectivity index (χ2v) is 6.97. The van der Waals surface area contributed by atoms with Crippen LogP contribution >= 0.6 is 0 Å². The predicted octanol–water partition coefficient (Wildman–Crippen LogP) is 0.363. The van der Waals surface area contributed by atoms with E-state index in [0.717, 1.165) is 32.2 Å². The average Bonchev–Trinajstić information content (AvgIpc) is 2.80. The van der Waals surface area contributed by atoms with Gasteiger partial charge in [0.05, 0.1) is 6.20 Å². The number of rotatable bonds is 3. The van der Waals surface area contributed by atoms with E-state index >= 15 is 0 Å². The van der Waals surface area contributed by atoms with Crippen LogP contribution in [0.25, 0.3) is 0 Å². The smallest absolute Gasteiger partial charge is 0.257 e. The summed E-state index contributed by atoms with van der Waals surface area (Å²) in [5.74, 6) is 0. The molecule has 2 heterocycles. The van der Waals surface area contributed by atoms with Gasteiger partial charge in [-0.15, -0.1) is 0 Å². The van der Waals surface area contributed by atoms with E-state index in [-0.39, 0.29) is 16.6 Å². The van der Waals surface area contributed by atoms with E-state index in [9.17, 15) is 8.42 Å². The van der Waals surface area contributed by atoms with Crippen LogP contribution < -0.4 is 10.0 Å². The molecular weight excluding hydrogens is 252 g/mol. The predicted molar refractivity (Wildman–Crippen MR) is 66.5 cm³/mol. The van der Waals surface area contributed by atoms with Gasteiger partial charge in [0.25, 0.3) is 10.0 Å². The highest BCUT2D eigenvalue weighted by Crippen LogP contribution is 2.38. The Balaban J connectivity index is 1.69. The molecule has 3 rings (SSSR count). The molecule has 0 amide bonds. The number of piperidine rings is 1. The summed E-state index contributed by atoms with van der Waals surface area (Å²) in [6.07, 6.45) is 6.75. The number of nitrogens with zero attached hydrogens (tertiary/aromatic N) is 1. The molecule has 1 aromatic heterocycles. The quantitative estimate of drug-likeness (QED) is 0.740. The van der Waals surface area contributed by atoms with Crippen molar-refractivity contribution in [2.24, 2.45) is 0 Å². The summed E-state index contributed by atoms with van der Waals surface area (Å²) in [5, 5.41) is 9.85. The molecule has 1 saturated carbocycles. The third-order valence-corrected chi connectivity index (χ3v) is 5.48. The zero-order chi connectivity index (χ0) is 12.6. The lowest BCUT2D eigenvalue weighted by Crippen LogP contribution is -2.59. The minimum absolute atomic E-state index is 0.0276. The molecule has 0 bridgehead atoms. The first-order valence-electron chi connectivity index (χ1n) is 6.36. The van der Waals surface area contributed by atoms with Gasteiger partial charge in [-0.1, -0.05) is 0 Å². The van der Waals surface area contributed by atoms with Crippen LogP contribution in [0, 0.1) is 0 Å². The SMILES string of the molecule is O=S(=O)(NC1CCNC2(CCC2)C1)c1ccn[nH]1. The third kappa shape index (κ3) is 2.17. The molecule has 1 aliphatic heterocycles. The van der Waals surface area contributed by atoms with Gasteiger partial charge < -0.3 is 5.32 Å². The van der Waals surface area contributed by atoms with Gasteiger partial charge in [0.15, 0.2) is 5.03 Å². The fraction of sp³-hybridized carbons (Fsp3) is 0.727. The van der Waals surface area contributed by atoms with Crippen molar-refractivity contribution >= 4 is 10.0 Å². The van der Waals surface area contributed by atoms with Crippen molar-refractivity contribution in [1.29, 1.82) is 0 Å². The van der Waals surface area contributed by atoms with E-state index in [1.807, 2.05) is 0 Å². The third-order valence-electron chi connectivity index (χ3n) is 4.03. The minimum atomic E-state index is -3.45. The first-order valence-corrected chi connectivity index (χ1v) is 7.85. The number of aromatic nitrogens is 2. The van der Waals surface area contributed by atoms with Gasteiger partial charge in [-0.05, 0) is 44.7 Å². The fourth-order valence-electron chi connectivity index (χ4n) is 2.92.